The zero-order valence-corrected chi connectivity index (χ0v) is 14.0. The molecule has 0 aromatic heterocycles. The third-order valence-corrected chi connectivity index (χ3v) is 4.47. The van der Waals surface area contributed by atoms with Gasteiger partial charge in [-0.25, -0.2) is 8.60 Å². The third kappa shape index (κ3) is 5.23. The van der Waals surface area contributed by atoms with E-state index in [0.29, 0.717) is 12.8 Å². The van der Waals surface area contributed by atoms with Gasteiger partial charge in [-0.05, 0) is 30.5 Å². The maximum atomic E-state index is 13.4. The van der Waals surface area contributed by atoms with Crippen LogP contribution in [-0.2, 0) is 15.9 Å². The summed E-state index contributed by atoms with van der Waals surface area (Å²) in [6, 6.07) is 1.30. The highest BCUT2D eigenvalue weighted by Crippen LogP contribution is 2.35. The van der Waals surface area contributed by atoms with Crippen molar-refractivity contribution in [2.24, 2.45) is 0 Å². The fourth-order valence-corrected chi connectivity index (χ4v) is 2.82. The first kappa shape index (κ1) is 20.3. The minimum Gasteiger partial charge on any atom is -0.336 e. The van der Waals surface area contributed by atoms with E-state index in [1.807, 2.05) is 11.4 Å². The van der Waals surface area contributed by atoms with Crippen molar-refractivity contribution in [3.63, 3.8) is 0 Å². The quantitative estimate of drug-likeness (QED) is 0.484. The molecule has 3 atom stereocenters. The number of hydrogen-bond donors (Lipinski definition) is 3. The molecule has 142 valence electrons. The van der Waals surface area contributed by atoms with Crippen LogP contribution in [0.4, 0.5) is 17.6 Å². The minimum atomic E-state index is -4.85. The van der Waals surface area contributed by atoms with Crippen LogP contribution >= 0.6 is 0 Å². The Bertz CT molecular complexity index is 729. The number of benzene rings is 1. The molecule has 3 N–H and O–H groups in total. The van der Waals surface area contributed by atoms with Gasteiger partial charge in [-0.3, -0.25) is 10.1 Å². The van der Waals surface area contributed by atoms with Crippen LogP contribution in [0.3, 0.4) is 0 Å². The smallest absolute Gasteiger partial charge is 0.336 e. The number of amides is 1. The molecule has 1 aliphatic carbocycles. The number of rotatable bonds is 7. The topological polar surface area (TPSA) is 102 Å². The van der Waals surface area contributed by atoms with Gasteiger partial charge < -0.3 is 9.87 Å². The van der Waals surface area contributed by atoms with E-state index < -0.39 is 52.4 Å². The number of carbonyl (C=O) groups is 1. The van der Waals surface area contributed by atoms with Gasteiger partial charge in [0.1, 0.15) is 23.4 Å². The number of nitrogens with zero attached hydrogens (tertiary/aromatic N) is 1. The molecule has 1 aliphatic rings. The molecule has 2 rings (SSSR count). The standard InChI is InChI=1S/C15H15F4N3O3S/c16-10-3-1-9(2-4-10)12(15(17,18)19)21-11(7-26(24)25)13(23)22-14(8-20)5-6-14/h1-4,11-12,21H,5-7H2,(H,22,23)(H,24,25)/t11?,12-/m1/s1. The molecule has 0 bridgehead atoms. The first-order chi connectivity index (χ1) is 12.1. The predicted molar refractivity (Wildman–Crippen MR) is 83.5 cm³/mol. The van der Waals surface area contributed by atoms with Gasteiger partial charge in [0, 0.05) is 0 Å². The van der Waals surface area contributed by atoms with E-state index in [4.69, 9.17) is 9.81 Å². The highest BCUT2D eigenvalue weighted by atomic mass is 32.2. The van der Waals surface area contributed by atoms with Gasteiger partial charge in [-0.15, -0.1) is 0 Å². The van der Waals surface area contributed by atoms with Crippen LogP contribution in [0.2, 0.25) is 0 Å². The molecule has 1 saturated carbocycles. The molecule has 0 heterocycles. The SMILES string of the molecule is N#CC1(NC(=O)C(CS(=O)O)N[C@H](c2ccc(F)cc2)C(F)(F)F)CC1. The number of halogens is 4. The number of carbonyl (C=O) groups excluding carboxylic acids is 1. The molecular formula is C15H15F4N3O3S. The lowest BCUT2D eigenvalue weighted by Crippen LogP contribution is -2.53. The summed E-state index contributed by atoms with van der Waals surface area (Å²) in [6.45, 7) is 0. The van der Waals surface area contributed by atoms with Gasteiger partial charge in [0.2, 0.25) is 5.91 Å². The summed E-state index contributed by atoms with van der Waals surface area (Å²) in [5.41, 5.74) is -1.50. The summed E-state index contributed by atoms with van der Waals surface area (Å²) in [5, 5.41) is 13.3. The Morgan fingerprint density at radius 1 is 1.35 bits per heavy atom. The molecule has 1 fully saturated rings. The zero-order valence-electron chi connectivity index (χ0n) is 13.2. The van der Waals surface area contributed by atoms with Crippen LogP contribution in [0.25, 0.3) is 0 Å². The van der Waals surface area contributed by atoms with E-state index in [1.54, 1.807) is 0 Å². The Hall–Kier alpha value is -2.03. The summed E-state index contributed by atoms with van der Waals surface area (Å²) >= 11 is -2.56. The average Bonchev–Trinajstić information content (AvgIpc) is 3.31. The van der Waals surface area contributed by atoms with Crippen LogP contribution in [0.5, 0.6) is 0 Å². The minimum absolute atomic E-state index is 0.352. The van der Waals surface area contributed by atoms with Crippen molar-refractivity contribution in [2.75, 3.05) is 5.75 Å². The van der Waals surface area contributed by atoms with Gasteiger partial charge >= 0.3 is 6.18 Å². The summed E-state index contributed by atoms with van der Waals surface area (Å²) in [6.07, 6.45) is -4.14. The molecule has 1 amide bonds. The van der Waals surface area contributed by atoms with E-state index in [9.17, 15) is 26.6 Å². The number of nitrogens with one attached hydrogen (secondary N) is 2. The van der Waals surface area contributed by atoms with Gasteiger partial charge in [-0.1, -0.05) is 12.1 Å². The van der Waals surface area contributed by atoms with Crippen LogP contribution in [0, 0.1) is 17.1 Å². The first-order valence-electron chi connectivity index (χ1n) is 7.45. The maximum absolute atomic E-state index is 13.4. The molecule has 11 heteroatoms. The molecule has 1 aromatic rings. The van der Waals surface area contributed by atoms with Crippen LogP contribution < -0.4 is 10.6 Å². The molecule has 0 radical (unpaired) electrons. The molecular weight excluding hydrogens is 378 g/mol. The fraction of sp³-hybridized carbons (Fsp3) is 0.467. The zero-order chi connectivity index (χ0) is 19.5. The molecule has 1 aromatic carbocycles. The second kappa shape index (κ2) is 7.69. The lowest BCUT2D eigenvalue weighted by Gasteiger charge is -2.27. The normalized spacial score (nSPS) is 19.1. The van der Waals surface area contributed by atoms with Crippen molar-refractivity contribution in [3.8, 4) is 6.07 Å². The van der Waals surface area contributed by atoms with Crippen molar-refractivity contribution < 1.29 is 31.1 Å². The van der Waals surface area contributed by atoms with E-state index in [1.165, 1.54) is 0 Å². The van der Waals surface area contributed by atoms with Gasteiger partial charge in [0.15, 0.2) is 11.1 Å². The molecule has 0 spiro atoms. The van der Waals surface area contributed by atoms with Crippen LogP contribution in [0.15, 0.2) is 24.3 Å². The molecule has 6 nitrogen and oxygen atoms in total. The summed E-state index contributed by atoms with van der Waals surface area (Å²) in [7, 11) is 0. The van der Waals surface area contributed by atoms with Crippen LogP contribution in [-0.4, -0.2) is 38.2 Å². The molecule has 0 aliphatic heterocycles. The van der Waals surface area contributed by atoms with Crippen molar-refractivity contribution >= 4 is 17.0 Å². The lowest BCUT2D eigenvalue weighted by atomic mass is 10.0. The van der Waals surface area contributed by atoms with Crippen molar-refractivity contribution in [1.29, 1.82) is 5.26 Å². The monoisotopic (exact) mass is 393 g/mol. The maximum Gasteiger partial charge on any atom is 0.407 e. The summed E-state index contributed by atoms with van der Waals surface area (Å²) in [5.74, 6) is -2.52. The Kier molecular flexibility index (Phi) is 6.00. The summed E-state index contributed by atoms with van der Waals surface area (Å²) in [4.78, 5) is 12.2. The van der Waals surface area contributed by atoms with Gasteiger partial charge in [-0.2, -0.15) is 18.4 Å². The Morgan fingerprint density at radius 2 is 1.92 bits per heavy atom. The molecule has 0 saturated heterocycles. The van der Waals surface area contributed by atoms with E-state index in [2.05, 4.69) is 5.32 Å². The second-order valence-electron chi connectivity index (χ2n) is 5.92. The Labute approximate surface area is 148 Å². The molecule has 2 unspecified atom stereocenters. The van der Waals surface area contributed by atoms with E-state index >= 15 is 0 Å². The summed E-state index contributed by atoms with van der Waals surface area (Å²) < 4.78 is 73.3. The van der Waals surface area contributed by atoms with Gasteiger partial charge in [0.05, 0.1) is 11.8 Å². The Morgan fingerprint density at radius 3 is 2.35 bits per heavy atom. The number of alkyl halides is 3. The first-order valence-corrected chi connectivity index (χ1v) is 8.73. The number of hydrogen-bond acceptors (Lipinski definition) is 4. The van der Waals surface area contributed by atoms with E-state index in [-0.39, 0.29) is 5.56 Å². The molecule has 26 heavy (non-hydrogen) atoms. The fourth-order valence-electron chi connectivity index (χ4n) is 2.29. The van der Waals surface area contributed by atoms with Crippen molar-refractivity contribution in [3.05, 3.63) is 35.6 Å². The largest absolute Gasteiger partial charge is 0.407 e. The number of nitriles is 1. The average molecular weight is 393 g/mol. The second-order valence-corrected chi connectivity index (χ2v) is 6.89. The van der Waals surface area contributed by atoms with Crippen molar-refractivity contribution in [1.82, 2.24) is 10.6 Å². The van der Waals surface area contributed by atoms with Crippen molar-refractivity contribution in [2.45, 2.75) is 36.6 Å². The highest BCUT2D eigenvalue weighted by Gasteiger charge is 2.47. The highest BCUT2D eigenvalue weighted by molar-refractivity contribution is 7.79. The van der Waals surface area contributed by atoms with Gasteiger partial charge in [0.25, 0.3) is 0 Å². The Balaban J connectivity index is 2.24. The van der Waals surface area contributed by atoms with Crippen LogP contribution in [0.1, 0.15) is 24.4 Å². The van der Waals surface area contributed by atoms with E-state index in [0.717, 1.165) is 24.3 Å². The predicted octanol–water partition coefficient (Wildman–Crippen LogP) is 1.78. The third-order valence-electron chi connectivity index (χ3n) is 3.85. The lowest BCUT2D eigenvalue weighted by molar-refractivity contribution is -0.160.